The molecule has 2 heterocycles. The van der Waals surface area contributed by atoms with Crippen LogP contribution < -0.4 is 10.2 Å². The maximum Gasteiger partial charge on any atom is 0.226 e. The molecule has 0 saturated heterocycles. The van der Waals surface area contributed by atoms with Gasteiger partial charge in [0.25, 0.3) is 0 Å². The molecule has 7 nitrogen and oxygen atoms in total. The minimum absolute atomic E-state index is 0.121. The van der Waals surface area contributed by atoms with Crippen LogP contribution >= 0.6 is 0 Å². The third-order valence-electron chi connectivity index (χ3n) is 4.00. The SMILES string of the molecule is CCNc1nc(N(CCO)C2CCCC2)c2cn[nH]c2n1. The average molecular weight is 290 g/mol. The van der Waals surface area contributed by atoms with Gasteiger partial charge in [0, 0.05) is 19.1 Å². The normalized spacial score (nSPS) is 15.7. The zero-order chi connectivity index (χ0) is 14.7. The van der Waals surface area contributed by atoms with Gasteiger partial charge in [0.05, 0.1) is 18.2 Å². The molecule has 3 rings (SSSR count). The Morgan fingerprint density at radius 1 is 1.38 bits per heavy atom. The Balaban J connectivity index is 2.03. The fourth-order valence-corrected chi connectivity index (χ4v) is 3.06. The topological polar surface area (TPSA) is 90.0 Å². The second kappa shape index (κ2) is 6.26. The Kier molecular flexibility index (Phi) is 4.19. The van der Waals surface area contributed by atoms with Crippen LogP contribution in [0.5, 0.6) is 0 Å². The minimum atomic E-state index is 0.121. The smallest absolute Gasteiger partial charge is 0.226 e. The molecule has 1 aliphatic carbocycles. The van der Waals surface area contributed by atoms with Crippen molar-refractivity contribution in [3.63, 3.8) is 0 Å². The Morgan fingerprint density at radius 2 is 2.19 bits per heavy atom. The van der Waals surface area contributed by atoms with E-state index in [0.29, 0.717) is 18.5 Å². The number of hydrogen-bond donors (Lipinski definition) is 3. The molecule has 1 saturated carbocycles. The lowest BCUT2D eigenvalue weighted by atomic mass is 10.2. The molecule has 2 aromatic rings. The first-order chi connectivity index (χ1) is 10.3. The summed E-state index contributed by atoms with van der Waals surface area (Å²) in [5.74, 6) is 1.47. The van der Waals surface area contributed by atoms with Gasteiger partial charge in [-0.2, -0.15) is 15.1 Å². The van der Waals surface area contributed by atoms with Gasteiger partial charge in [0.2, 0.25) is 5.95 Å². The van der Waals surface area contributed by atoms with E-state index in [1.165, 1.54) is 12.8 Å². The summed E-state index contributed by atoms with van der Waals surface area (Å²) in [6.45, 7) is 3.50. The summed E-state index contributed by atoms with van der Waals surface area (Å²) >= 11 is 0. The molecule has 0 spiro atoms. The van der Waals surface area contributed by atoms with Gasteiger partial charge < -0.3 is 15.3 Å². The van der Waals surface area contributed by atoms with E-state index in [1.807, 2.05) is 6.92 Å². The average Bonchev–Trinajstić information content (AvgIpc) is 3.15. The van der Waals surface area contributed by atoms with Crippen molar-refractivity contribution in [3.05, 3.63) is 6.20 Å². The summed E-state index contributed by atoms with van der Waals surface area (Å²) in [4.78, 5) is 11.3. The van der Waals surface area contributed by atoms with E-state index >= 15 is 0 Å². The first-order valence-corrected chi connectivity index (χ1v) is 7.66. The molecule has 0 unspecified atom stereocenters. The van der Waals surface area contributed by atoms with Crippen LogP contribution in [0.15, 0.2) is 6.20 Å². The molecule has 0 bridgehead atoms. The molecule has 0 aromatic carbocycles. The third-order valence-corrected chi connectivity index (χ3v) is 4.00. The molecule has 7 heteroatoms. The fraction of sp³-hybridized carbons (Fsp3) is 0.643. The largest absolute Gasteiger partial charge is 0.395 e. The van der Waals surface area contributed by atoms with Gasteiger partial charge in [-0.05, 0) is 19.8 Å². The van der Waals surface area contributed by atoms with Crippen LogP contribution in [-0.2, 0) is 0 Å². The lowest BCUT2D eigenvalue weighted by molar-refractivity contribution is 0.297. The molecule has 3 N–H and O–H groups in total. The molecule has 1 fully saturated rings. The van der Waals surface area contributed by atoms with E-state index in [-0.39, 0.29) is 6.61 Å². The van der Waals surface area contributed by atoms with Crippen LogP contribution in [0.3, 0.4) is 0 Å². The van der Waals surface area contributed by atoms with Crippen molar-refractivity contribution in [1.29, 1.82) is 0 Å². The highest BCUT2D eigenvalue weighted by molar-refractivity contribution is 5.87. The van der Waals surface area contributed by atoms with Gasteiger partial charge in [-0.3, -0.25) is 5.10 Å². The number of nitrogens with one attached hydrogen (secondary N) is 2. The summed E-state index contributed by atoms with van der Waals surface area (Å²) in [6.07, 6.45) is 6.55. The molecule has 114 valence electrons. The maximum absolute atomic E-state index is 9.43. The van der Waals surface area contributed by atoms with Crippen molar-refractivity contribution in [2.24, 2.45) is 0 Å². The molecule has 0 aliphatic heterocycles. The predicted octanol–water partition coefficient (Wildman–Crippen LogP) is 1.53. The van der Waals surface area contributed by atoms with E-state index in [1.54, 1.807) is 6.20 Å². The fourth-order valence-electron chi connectivity index (χ4n) is 3.06. The second-order valence-electron chi connectivity index (χ2n) is 5.39. The molecular weight excluding hydrogens is 268 g/mol. The first kappa shape index (κ1) is 14.1. The monoisotopic (exact) mass is 290 g/mol. The number of rotatable bonds is 6. The van der Waals surface area contributed by atoms with E-state index in [4.69, 9.17) is 0 Å². The highest BCUT2D eigenvalue weighted by Gasteiger charge is 2.26. The summed E-state index contributed by atoms with van der Waals surface area (Å²) in [6, 6.07) is 0.444. The van der Waals surface area contributed by atoms with E-state index in [2.05, 4.69) is 30.4 Å². The standard InChI is InChI=1S/C14H22N6O/c1-2-15-14-17-12-11(9-16-19-12)13(18-14)20(7-8-21)10-5-3-4-6-10/h9-10,21H,2-8H2,1H3,(H2,15,16,17,18,19). The van der Waals surface area contributed by atoms with Crippen LogP contribution in [-0.4, -0.2) is 51.0 Å². The van der Waals surface area contributed by atoms with Gasteiger partial charge in [-0.1, -0.05) is 12.8 Å². The van der Waals surface area contributed by atoms with Crippen molar-refractivity contribution in [1.82, 2.24) is 20.2 Å². The zero-order valence-electron chi connectivity index (χ0n) is 12.3. The number of aromatic nitrogens is 4. The first-order valence-electron chi connectivity index (χ1n) is 7.66. The van der Waals surface area contributed by atoms with E-state index < -0.39 is 0 Å². The number of H-pyrrole nitrogens is 1. The zero-order valence-corrected chi connectivity index (χ0v) is 12.3. The van der Waals surface area contributed by atoms with Crippen LogP contribution in [0, 0.1) is 0 Å². The molecule has 2 aromatic heterocycles. The van der Waals surface area contributed by atoms with Crippen molar-refractivity contribution in [2.75, 3.05) is 29.9 Å². The van der Waals surface area contributed by atoms with Gasteiger partial charge in [-0.25, -0.2) is 0 Å². The number of hydrogen-bond acceptors (Lipinski definition) is 6. The van der Waals surface area contributed by atoms with Gasteiger partial charge in [0.15, 0.2) is 5.65 Å². The van der Waals surface area contributed by atoms with E-state index in [0.717, 1.165) is 36.2 Å². The van der Waals surface area contributed by atoms with Crippen molar-refractivity contribution in [3.8, 4) is 0 Å². The second-order valence-corrected chi connectivity index (χ2v) is 5.39. The third kappa shape index (κ3) is 2.78. The van der Waals surface area contributed by atoms with Crippen molar-refractivity contribution < 1.29 is 5.11 Å². The molecule has 0 atom stereocenters. The lowest BCUT2D eigenvalue weighted by Crippen LogP contribution is -2.36. The number of fused-ring (bicyclic) bond motifs is 1. The van der Waals surface area contributed by atoms with Crippen molar-refractivity contribution >= 4 is 22.8 Å². The summed E-state index contributed by atoms with van der Waals surface area (Å²) in [7, 11) is 0. The highest BCUT2D eigenvalue weighted by atomic mass is 16.3. The summed E-state index contributed by atoms with van der Waals surface area (Å²) < 4.78 is 0. The lowest BCUT2D eigenvalue weighted by Gasteiger charge is -2.30. The van der Waals surface area contributed by atoms with Crippen LogP contribution in [0.1, 0.15) is 32.6 Å². The molecule has 1 aliphatic rings. The maximum atomic E-state index is 9.43. The minimum Gasteiger partial charge on any atom is -0.395 e. The Labute approximate surface area is 123 Å². The van der Waals surface area contributed by atoms with Crippen LogP contribution in [0.25, 0.3) is 11.0 Å². The molecule has 21 heavy (non-hydrogen) atoms. The highest BCUT2D eigenvalue weighted by Crippen LogP contribution is 2.31. The number of aliphatic hydroxyl groups is 1. The van der Waals surface area contributed by atoms with Gasteiger partial charge >= 0.3 is 0 Å². The van der Waals surface area contributed by atoms with Crippen LogP contribution in [0.2, 0.25) is 0 Å². The number of nitrogens with zero attached hydrogens (tertiary/aromatic N) is 4. The van der Waals surface area contributed by atoms with E-state index in [9.17, 15) is 5.11 Å². The Morgan fingerprint density at radius 3 is 2.90 bits per heavy atom. The van der Waals surface area contributed by atoms with Crippen molar-refractivity contribution in [2.45, 2.75) is 38.6 Å². The summed E-state index contributed by atoms with van der Waals surface area (Å²) in [5, 5.41) is 20.5. The summed E-state index contributed by atoms with van der Waals surface area (Å²) in [5.41, 5.74) is 0.733. The molecule has 0 amide bonds. The molecule has 0 radical (unpaired) electrons. The van der Waals surface area contributed by atoms with Crippen LogP contribution in [0.4, 0.5) is 11.8 Å². The quantitative estimate of drug-likeness (QED) is 0.747. The number of anilines is 2. The van der Waals surface area contributed by atoms with Gasteiger partial charge in [0.1, 0.15) is 5.82 Å². The predicted molar refractivity (Wildman–Crippen MR) is 82.5 cm³/mol. The number of aromatic amines is 1. The Hall–Kier alpha value is -1.89. The van der Waals surface area contributed by atoms with Gasteiger partial charge in [-0.15, -0.1) is 0 Å². The Bertz CT molecular complexity index is 592. The molecular formula is C14H22N6O. The number of aliphatic hydroxyl groups excluding tert-OH is 1.